The average Bonchev–Trinajstić information content (AvgIpc) is 3.25. The van der Waals surface area contributed by atoms with Crippen LogP contribution in [-0.2, 0) is 16.5 Å². The number of hydrogen-bond donors (Lipinski definition) is 0. The van der Waals surface area contributed by atoms with Gasteiger partial charge in [-0.1, -0.05) is 48.0 Å². The monoisotopic (exact) mass is 500 g/mol. The van der Waals surface area contributed by atoms with E-state index >= 15 is 0 Å². The summed E-state index contributed by atoms with van der Waals surface area (Å²) in [6.45, 7) is 0. The van der Waals surface area contributed by atoms with Crippen LogP contribution in [0.15, 0.2) is 69.2 Å². The van der Waals surface area contributed by atoms with Gasteiger partial charge in [0.2, 0.25) is 11.2 Å². The Hall–Kier alpha value is -2.82. The van der Waals surface area contributed by atoms with Crippen molar-refractivity contribution in [2.45, 2.75) is 11.9 Å². The number of rotatable bonds is 5. The standard InChI is InChI=1S/C21H12ClF3O5S2/c22-14-10-13(9-12-5-2-1-3-6-12)18-15(11-14)17(26)20(30-32(27,28)21(23,24)25)19(29-18)16-7-4-8-31-16/h1-8,10-11H,9H2. The lowest BCUT2D eigenvalue weighted by atomic mass is 10.0. The van der Waals surface area contributed by atoms with Gasteiger partial charge in [0, 0.05) is 17.0 Å². The Balaban J connectivity index is 2.00. The van der Waals surface area contributed by atoms with Crippen LogP contribution >= 0.6 is 22.9 Å². The lowest BCUT2D eigenvalue weighted by Crippen LogP contribution is -2.30. The van der Waals surface area contributed by atoms with Crippen molar-refractivity contribution < 1.29 is 30.2 Å². The van der Waals surface area contributed by atoms with Gasteiger partial charge in [-0.3, -0.25) is 4.79 Å². The molecular formula is C21H12ClF3O5S2. The summed E-state index contributed by atoms with van der Waals surface area (Å²) in [6, 6.07) is 15.0. The van der Waals surface area contributed by atoms with Crippen LogP contribution in [0.2, 0.25) is 5.02 Å². The molecule has 0 saturated carbocycles. The van der Waals surface area contributed by atoms with E-state index in [1.54, 1.807) is 17.5 Å². The fraction of sp³-hybridized carbons (Fsp3) is 0.0952. The van der Waals surface area contributed by atoms with E-state index in [1.165, 1.54) is 12.1 Å². The molecule has 0 aliphatic carbocycles. The van der Waals surface area contributed by atoms with E-state index in [4.69, 9.17) is 16.0 Å². The molecule has 4 aromatic rings. The van der Waals surface area contributed by atoms with Gasteiger partial charge in [-0.05, 0) is 29.1 Å². The minimum atomic E-state index is -6.11. The van der Waals surface area contributed by atoms with Gasteiger partial charge in [0.25, 0.3) is 0 Å². The van der Waals surface area contributed by atoms with Gasteiger partial charge >= 0.3 is 15.6 Å². The summed E-state index contributed by atoms with van der Waals surface area (Å²) >= 11 is 7.18. The molecule has 0 N–H and O–H groups in total. The first-order valence-electron chi connectivity index (χ1n) is 8.94. The lowest BCUT2D eigenvalue weighted by Gasteiger charge is -2.14. The summed E-state index contributed by atoms with van der Waals surface area (Å²) in [7, 11) is -6.11. The predicted molar refractivity (Wildman–Crippen MR) is 116 cm³/mol. The molecule has 0 atom stereocenters. The van der Waals surface area contributed by atoms with Crippen LogP contribution in [0.4, 0.5) is 13.2 Å². The van der Waals surface area contributed by atoms with Crippen LogP contribution in [-0.4, -0.2) is 13.9 Å². The van der Waals surface area contributed by atoms with Crippen molar-refractivity contribution in [2.24, 2.45) is 0 Å². The molecular weight excluding hydrogens is 489 g/mol. The molecule has 0 aliphatic heterocycles. The van der Waals surface area contributed by atoms with E-state index in [0.29, 0.717) is 12.0 Å². The molecule has 2 heterocycles. The zero-order chi connectivity index (χ0) is 23.1. The van der Waals surface area contributed by atoms with Crippen LogP contribution in [0.25, 0.3) is 21.6 Å². The number of benzene rings is 2. The highest BCUT2D eigenvalue weighted by Crippen LogP contribution is 2.38. The largest absolute Gasteiger partial charge is 0.534 e. The highest BCUT2D eigenvalue weighted by atomic mass is 35.5. The van der Waals surface area contributed by atoms with Crippen molar-refractivity contribution in [2.75, 3.05) is 0 Å². The third-order valence-corrected chi connectivity index (χ3v) is 6.49. The molecule has 0 radical (unpaired) electrons. The van der Waals surface area contributed by atoms with E-state index in [-0.39, 0.29) is 20.9 Å². The molecule has 0 amide bonds. The second kappa shape index (κ2) is 8.27. The summed E-state index contributed by atoms with van der Waals surface area (Å²) in [4.78, 5) is 13.4. The van der Waals surface area contributed by atoms with Gasteiger partial charge in [-0.25, -0.2) is 0 Å². The molecule has 2 aromatic heterocycles. The van der Waals surface area contributed by atoms with Gasteiger partial charge in [-0.15, -0.1) is 11.3 Å². The molecule has 5 nitrogen and oxygen atoms in total. The molecule has 0 saturated heterocycles. The molecule has 0 fully saturated rings. The first-order valence-corrected chi connectivity index (χ1v) is 11.6. The summed E-state index contributed by atoms with van der Waals surface area (Å²) in [5.41, 5.74) is -5.37. The van der Waals surface area contributed by atoms with Crippen molar-refractivity contribution in [1.82, 2.24) is 0 Å². The molecule has 11 heteroatoms. The SMILES string of the molecule is O=c1c(OS(=O)(=O)C(F)(F)F)c(-c2cccs2)oc2c(Cc3ccccc3)cc(Cl)cc12. The Kier molecular flexibility index (Phi) is 5.78. The van der Waals surface area contributed by atoms with Gasteiger partial charge < -0.3 is 8.60 Å². The Bertz CT molecular complexity index is 1450. The van der Waals surface area contributed by atoms with Gasteiger partial charge in [0.1, 0.15) is 5.58 Å². The van der Waals surface area contributed by atoms with E-state index < -0.39 is 32.6 Å². The number of alkyl halides is 3. The summed E-state index contributed by atoms with van der Waals surface area (Å²) in [5.74, 6) is -1.49. The summed E-state index contributed by atoms with van der Waals surface area (Å²) < 4.78 is 72.2. The first kappa shape index (κ1) is 22.4. The van der Waals surface area contributed by atoms with Crippen molar-refractivity contribution in [3.05, 3.63) is 86.4 Å². The van der Waals surface area contributed by atoms with Crippen LogP contribution in [0.1, 0.15) is 11.1 Å². The van der Waals surface area contributed by atoms with Crippen LogP contribution < -0.4 is 9.61 Å². The maximum atomic E-state index is 13.1. The zero-order valence-corrected chi connectivity index (χ0v) is 18.2. The molecule has 0 bridgehead atoms. The third-order valence-electron chi connectivity index (χ3n) is 4.45. The predicted octanol–water partition coefficient (Wildman–Crippen LogP) is 5.99. The topological polar surface area (TPSA) is 73.6 Å². The molecule has 4 rings (SSSR count). The number of hydrogen-bond acceptors (Lipinski definition) is 6. The summed E-state index contributed by atoms with van der Waals surface area (Å²) in [5, 5.41) is 1.52. The van der Waals surface area contributed by atoms with Gasteiger partial charge in [0.15, 0.2) is 5.76 Å². The van der Waals surface area contributed by atoms with Gasteiger partial charge in [0.05, 0.1) is 10.3 Å². The fourth-order valence-corrected chi connectivity index (χ4v) is 4.47. The molecule has 32 heavy (non-hydrogen) atoms. The molecule has 0 aliphatic rings. The van der Waals surface area contributed by atoms with E-state index in [1.807, 2.05) is 30.3 Å². The Morgan fingerprint density at radius 2 is 1.78 bits per heavy atom. The van der Waals surface area contributed by atoms with E-state index in [2.05, 4.69) is 4.18 Å². The lowest BCUT2D eigenvalue weighted by molar-refractivity contribution is -0.0500. The Morgan fingerprint density at radius 1 is 1.06 bits per heavy atom. The summed E-state index contributed by atoms with van der Waals surface area (Å²) in [6.07, 6.45) is 0.311. The van der Waals surface area contributed by atoms with Crippen molar-refractivity contribution in [3.63, 3.8) is 0 Å². The normalized spacial score (nSPS) is 12.2. The van der Waals surface area contributed by atoms with E-state index in [0.717, 1.165) is 16.9 Å². The molecule has 2 aromatic carbocycles. The third kappa shape index (κ3) is 4.25. The maximum absolute atomic E-state index is 13.1. The minimum Gasteiger partial charge on any atom is -0.451 e. The van der Waals surface area contributed by atoms with Crippen LogP contribution in [0.5, 0.6) is 5.75 Å². The van der Waals surface area contributed by atoms with Crippen molar-refractivity contribution in [1.29, 1.82) is 0 Å². The number of thiophene rings is 1. The van der Waals surface area contributed by atoms with Crippen LogP contribution in [0, 0.1) is 0 Å². The zero-order valence-electron chi connectivity index (χ0n) is 15.9. The quantitative estimate of drug-likeness (QED) is 0.248. The van der Waals surface area contributed by atoms with Gasteiger partial charge in [-0.2, -0.15) is 21.6 Å². The molecule has 166 valence electrons. The fourth-order valence-electron chi connectivity index (χ4n) is 3.06. The van der Waals surface area contributed by atoms with Crippen molar-refractivity contribution in [3.8, 4) is 16.4 Å². The first-order chi connectivity index (χ1) is 15.1. The highest BCUT2D eigenvalue weighted by molar-refractivity contribution is 7.88. The second-order valence-electron chi connectivity index (χ2n) is 6.65. The molecule has 0 spiro atoms. The smallest absolute Gasteiger partial charge is 0.451 e. The number of halogens is 4. The van der Waals surface area contributed by atoms with E-state index in [9.17, 15) is 26.4 Å². The van der Waals surface area contributed by atoms with Crippen molar-refractivity contribution >= 4 is 44.0 Å². The molecule has 0 unspecified atom stereocenters. The minimum absolute atomic E-state index is 0.0726. The maximum Gasteiger partial charge on any atom is 0.534 e. The second-order valence-corrected chi connectivity index (χ2v) is 9.58. The highest BCUT2D eigenvalue weighted by Gasteiger charge is 2.49. The Morgan fingerprint density at radius 3 is 2.41 bits per heavy atom. The van der Waals surface area contributed by atoms with Crippen LogP contribution in [0.3, 0.4) is 0 Å². The number of fused-ring (bicyclic) bond motifs is 1. The Labute approximate surface area is 188 Å². The average molecular weight is 501 g/mol.